The predicted octanol–water partition coefficient (Wildman–Crippen LogP) is 3.20. The summed E-state index contributed by atoms with van der Waals surface area (Å²) in [6.45, 7) is 3.97. The van der Waals surface area contributed by atoms with Gasteiger partial charge in [0.15, 0.2) is 11.6 Å². The van der Waals surface area contributed by atoms with Gasteiger partial charge in [-0.2, -0.15) is 0 Å². The number of nitrogens with one attached hydrogen (secondary N) is 1. The molecule has 0 heterocycles. The zero-order chi connectivity index (χ0) is 25.6. The number of anilines is 1. The van der Waals surface area contributed by atoms with Crippen LogP contribution in [0.3, 0.4) is 0 Å². The van der Waals surface area contributed by atoms with Gasteiger partial charge in [-0.1, -0.05) is 25.1 Å². The third-order valence-electron chi connectivity index (χ3n) is 5.34. The highest BCUT2D eigenvalue weighted by Crippen LogP contribution is 2.22. The summed E-state index contributed by atoms with van der Waals surface area (Å²) in [5.74, 6) is -4.40. The fraction of sp³-hybridized carbons (Fsp3) is 0.391. The van der Waals surface area contributed by atoms with Crippen LogP contribution in [0.4, 0.5) is 18.9 Å². The number of halogens is 3. The van der Waals surface area contributed by atoms with E-state index in [1.165, 1.54) is 25.1 Å². The Labute approximate surface area is 197 Å². The molecule has 7 nitrogen and oxygen atoms in total. The van der Waals surface area contributed by atoms with Gasteiger partial charge in [0.25, 0.3) is 0 Å². The number of rotatable bonds is 10. The van der Waals surface area contributed by atoms with Crippen LogP contribution in [0, 0.1) is 17.5 Å². The molecule has 0 saturated heterocycles. The lowest BCUT2D eigenvalue weighted by Crippen LogP contribution is -2.52. The van der Waals surface area contributed by atoms with Gasteiger partial charge in [0.2, 0.25) is 21.8 Å². The standard InChI is InChI=1S/C23H28F3N3O4S/c1-5-15(2)27-23(31)16(3)28(13-17-8-6-7-9-19(17)24)22(30)14-29(34(4,32)33)18-10-11-20(25)21(26)12-18/h6-12,15-16H,5,13-14H2,1-4H3,(H,27,31)/t15-,16-/m1/s1. The van der Waals surface area contributed by atoms with Crippen molar-refractivity contribution in [2.24, 2.45) is 0 Å². The molecule has 0 aliphatic carbocycles. The molecule has 11 heteroatoms. The van der Waals surface area contributed by atoms with E-state index in [-0.39, 0.29) is 23.8 Å². The largest absolute Gasteiger partial charge is 0.352 e. The molecule has 186 valence electrons. The molecule has 0 aliphatic rings. The molecule has 2 aromatic carbocycles. The number of hydrogen-bond donors (Lipinski definition) is 1. The second-order valence-electron chi connectivity index (χ2n) is 7.97. The van der Waals surface area contributed by atoms with E-state index in [4.69, 9.17) is 0 Å². The van der Waals surface area contributed by atoms with Gasteiger partial charge in [-0.05, 0) is 38.5 Å². The van der Waals surface area contributed by atoms with Crippen LogP contribution in [0.25, 0.3) is 0 Å². The van der Waals surface area contributed by atoms with E-state index in [2.05, 4.69) is 5.32 Å². The number of nitrogens with zero attached hydrogens (tertiary/aromatic N) is 2. The van der Waals surface area contributed by atoms with Gasteiger partial charge in [-0.15, -0.1) is 0 Å². The summed E-state index contributed by atoms with van der Waals surface area (Å²) in [6, 6.07) is 6.84. The van der Waals surface area contributed by atoms with Gasteiger partial charge in [-0.3, -0.25) is 13.9 Å². The summed E-state index contributed by atoms with van der Waals surface area (Å²) in [5.41, 5.74) is -0.143. The zero-order valence-electron chi connectivity index (χ0n) is 19.4. The molecule has 1 N–H and O–H groups in total. The van der Waals surface area contributed by atoms with Crippen molar-refractivity contribution < 1.29 is 31.2 Å². The molecule has 0 aliphatic heterocycles. The second kappa shape index (κ2) is 11.4. The number of sulfonamides is 1. The van der Waals surface area contributed by atoms with Crippen molar-refractivity contribution in [3.8, 4) is 0 Å². The molecule has 2 aromatic rings. The minimum Gasteiger partial charge on any atom is -0.352 e. The minimum atomic E-state index is -4.10. The molecule has 0 aromatic heterocycles. The first-order chi connectivity index (χ1) is 15.8. The van der Waals surface area contributed by atoms with E-state index in [0.29, 0.717) is 16.8 Å². The average molecular weight is 500 g/mol. The molecular formula is C23H28F3N3O4S. The Bertz CT molecular complexity index is 1140. The van der Waals surface area contributed by atoms with Crippen LogP contribution in [0.2, 0.25) is 0 Å². The number of carbonyl (C=O) groups excluding carboxylic acids is 2. The maximum atomic E-state index is 14.3. The molecule has 2 atom stereocenters. The van der Waals surface area contributed by atoms with Gasteiger partial charge in [0.05, 0.1) is 11.9 Å². The zero-order valence-corrected chi connectivity index (χ0v) is 20.2. The van der Waals surface area contributed by atoms with Gasteiger partial charge in [0, 0.05) is 24.2 Å². The first-order valence-corrected chi connectivity index (χ1v) is 12.5. The average Bonchev–Trinajstić information content (AvgIpc) is 2.77. The molecule has 0 fully saturated rings. The molecular weight excluding hydrogens is 471 g/mol. The Morgan fingerprint density at radius 3 is 2.21 bits per heavy atom. The summed E-state index contributed by atoms with van der Waals surface area (Å²) < 4.78 is 66.8. The lowest BCUT2D eigenvalue weighted by molar-refractivity contribution is -0.139. The van der Waals surface area contributed by atoms with Crippen molar-refractivity contribution in [2.45, 2.75) is 45.8 Å². The topological polar surface area (TPSA) is 86.8 Å². The summed E-state index contributed by atoms with van der Waals surface area (Å²) in [7, 11) is -4.10. The normalized spacial score (nSPS) is 13.1. The third kappa shape index (κ3) is 6.96. The SMILES string of the molecule is CC[C@@H](C)NC(=O)[C@@H](C)N(Cc1ccccc1F)C(=O)CN(c1ccc(F)c(F)c1)S(C)(=O)=O. The Kier molecular flexibility index (Phi) is 9.08. The molecule has 0 unspecified atom stereocenters. The fourth-order valence-electron chi connectivity index (χ4n) is 3.11. The van der Waals surface area contributed by atoms with Crippen LogP contribution in [-0.2, 0) is 26.2 Å². The van der Waals surface area contributed by atoms with Gasteiger partial charge < -0.3 is 10.2 Å². The molecule has 34 heavy (non-hydrogen) atoms. The highest BCUT2D eigenvalue weighted by atomic mass is 32.2. The first-order valence-electron chi connectivity index (χ1n) is 10.6. The number of hydrogen-bond acceptors (Lipinski definition) is 4. The number of carbonyl (C=O) groups is 2. The van der Waals surface area contributed by atoms with Gasteiger partial charge in [0.1, 0.15) is 18.4 Å². The van der Waals surface area contributed by atoms with E-state index in [0.717, 1.165) is 23.3 Å². The maximum absolute atomic E-state index is 14.3. The molecule has 0 saturated carbocycles. The summed E-state index contributed by atoms with van der Waals surface area (Å²) in [6.07, 6.45) is 1.44. The number of benzene rings is 2. The van der Waals surface area contributed by atoms with Crippen LogP contribution in [0.1, 0.15) is 32.8 Å². The van der Waals surface area contributed by atoms with Crippen LogP contribution in [-0.4, -0.2) is 50.0 Å². The van der Waals surface area contributed by atoms with Crippen LogP contribution < -0.4 is 9.62 Å². The lowest BCUT2D eigenvalue weighted by atomic mass is 10.1. The van der Waals surface area contributed by atoms with Crippen molar-refractivity contribution in [3.63, 3.8) is 0 Å². The Morgan fingerprint density at radius 1 is 1.00 bits per heavy atom. The number of amides is 2. The molecule has 0 radical (unpaired) electrons. The quantitative estimate of drug-likeness (QED) is 0.544. The van der Waals surface area contributed by atoms with Crippen LogP contribution >= 0.6 is 0 Å². The van der Waals surface area contributed by atoms with Gasteiger partial charge in [-0.25, -0.2) is 21.6 Å². The van der Waals surface area contributed by atoms with Crippen molar-refractivity contribution in [2.75, 3.05) is 17.1 Å². The monoisotopic (exact) mass is 499 g/mol. The summed E-state index contributed by atoms with van der Waals surface area (Å²) in [5, 5.41) is 2.74. The van der Waals surface area contributed by atoms with Crippen molar-refractivity contribution >= 4 is 27.5 Å². The summed E-state index contributed by atoms with van der Waals surface area (Å²) in [4.78, 5) is 27.1. The minimum absolute atomic E-state index is 0.123. The Hall–Kier alpha value is -3.08. The van der Waals surface area contributed by atoms with E-state index >= 15 is 0 Å². The van der Waals surface area contributed by atoms with E-state index < -0.39 is 51.9 Å². The van der Waals surface area contributed by atoms with E-state index in [1.807, 2.05) is 6.92 Å². The smallest absolute Gasteiger partial charge is 0.244 e. The molecule has 0 bridgehead atoms. The van der Waals surface area contributed by atoms with Crippen molar-refractivity contribution in [1.82, 2.24) is 10.2 Å². The van der Waals surface area contributed by atoms with Crippen LogP contribution in [0.15, 0.2) is 42.5 Å². The second-order valence-corrected chi connectivity index (χ2v) is 9.88. The first kappa shape index (κ1) is 27.2. The highest BCUT2D eigenvalue weighted by molar-refractivity contribution is 7.92. The van der Waals surface area contributed by atoms with Crippen molar-refractivity contribution in [3.05, 3.63) is 65.5 Å². The Morgan fingerprint density at radius 2 is 1.65 bits per heavy atom. The van der Waals surface area contributed by atoms with E-state index in [9.17, 15) is 31.2 Å². The predicted molar refractivity (Wildman–Crippen MR) is 123 cm³/mol. The Balaban J connectivity index is 2.42. The lowest BCUT2D eigenvalue weighted by Gasteiger charge is -2.32. The van der Waals surface area contributed by atoms with E-state index in [1.54, 1.807) is 13.0 Å². The third-order valence-corrected chi connectivity index (χ3v) is 6.48. The van der Waals surface area contributed by atoms with Gasteiger partial charge >= 0.3 is 0 Å². The molecule has 2 rings (SSSR count). The van der Waals surface area contributed by atoms with Crippen LogP contribution in [0.5, 0.6) is 0 Å². The molecule has 0 spiro atoms. The van der Waals surface area contributed by atoms with Crippen molar-refractivity contribution in [1.29, 1.82) is 0 Å². The highest BCUT2D eigenvalue weighted by Gasteiger charge is 2.31. The fourth-order valence-corrected chi connectivity index (χ4v) is 3.95. The summed E-state index contributed by atoms with van der Waals surface area (Å²) >= 11 is 0. The molecule has 2 amide bonds. The maximum Gasteiger partial charge on any atom is 0.244 e.